The van der Waals surface area contributed by atoms with E-state index in [4.69, 9.17) is 9.47 Å². The third kappa shape index (κ3) is 3.51. The normalized spacial score (nSPS) is 29.0. The Morgan fingerprint density at radius 2 is 2.35 bits per heavy atom. The highest BCUT2D eigenvalue weighted by atomic mass is 32.2. The summed E-state index contributed by atoms with van der Waals surface area (Å²) in [4.78, 5) is 4.19. The number of hydrogen-bond donors (Lipinski definition) is 0. The molecule has 2 saturated heterocycles. The van der Waals surface area contributed by atoms with E-state index < -0.39 is 10.0 Å². The summed E-state index contributed by atoms with van der Waals surface area (Å²) in [5, 5.41) is 0. The molecule has 6 nitrogen and oxygen atoms in total. The van der Waals surface area contributed by atoms with Crippen LogP contribution >= 0.6 is 0 Å². The summed E-state index contributed by atoms with van der Waals surface area (Å²) in [7, 11) is -3.19. The zero-order valence-corrected chi connectivity index (χ0v) is 14.3. The van der Waals surface area contributed by atoms with Crippen LogP contribution in [0.15, 0.2) is 24.4 Å². The van der Waals surface area contributed by atoms with E-state index in [-0.39, 0.29) is 17.3 Å². The minimum absolute atomic E-state index is 0.0586. The van der Waals surface area contributed by atoms with Crippen molar-refractivity contribution in [2.45, 2.75) is 32.3 Å². The molecule has 3 rings (SSSR count). The van der Waals surface area contributed by atoms with Crippen LogP contribution in [-0.4, -0.2) is 55.9 Å². The molecule has 0 radical (unpaired) electrons. The number of pyridine rings is 1. The first-order chi connectivity index (χ1) is 11.1. The second-order valence-electron chi connectivity index (χ2n) is 6.30. The largest absolute Gasteiger partial charge is 0.477 e. The average molecular weight is 340 g/mol. The van der Waals surface area contributed by atoms with Gasteiger partial charge in [-0.1, -0.05) is 6.07 Å². The molecule has 2 aliphatic rings. The molecule has 2 fully saturated rings. The summed E-state index contributed by atoms with van der Waals surface area (Å²) < 4.78 is 38.0. The lowest BCUT2D eigenvalue weighted by atomic mass is 9.73. The van der Waals surface area contributed by atoms with E-state index in [2.05, 4.69) is 4.98 Å². The van der Waals surface area contributed by atoms with Crippen molar-refractivity contribution in [3.05, 3.63) is 24.4 Å². The maximum atomic E-state index is 12.3. The lowest BCUT2D eigenvalue weighted by Gasteiger charge is -2.49. The summed E-state index contributed by atoms with van der Waals surface area (Å²) >= 11 is 0. The van der Waals surface area contributed by atoms with Crippen LogP contribution in [0.25, 0.3) is 0 Å². The molecule has 2 unspecified atom stereocenters. The van der Waals surface area contributed by atoms with Gasteiger partial charge in [-0.3, -0.25) is 0 Å². The highest BCUT2D eigenvalue weighted by molar-refractivity contribution is 7.89. The highest BCUT2D eigenvalue weighted by Crippen LogP contribution is 2.41. The maximum Gasteiger partial charge on any atom is 0.213 e. The number of hydrogen-bond acceptors (Lipinski definition) is 5. The molecular formula is C16H24N2O4S. The molecule has 2 atom stereocenters. The second-order valence-corrected chi connectivity index (χ2v) is 8.56. The predicted molar refractivity (Wildman–Crippen MR) is 86.8 cm³/mol. The maximum absolute atomic E-state index is 12.3. The third-order valence-electron chi connectivity index (χ3n) is 4.86. The van der Waals surface area contributed by atoms with E-state index in [1.807, 2.05) is 18.2 Å². The number of rotatable bonds is 5. The molecule has 128 valence electrons. The molecule has 0 saturated carbocycles. The van der Waals surface area contributed by atoms with Gasteiger partial charge in [0.05, 0.1) is 18.5 Å². The molecule has 0 spiro atoms. The van der Waals surface area contributed by atoms with Crippen LogP contribution < -0.4 is 4.74 Å². The molecule has 1 aromatic heterocycles. The Bertz CT molecular complexity index is 622. The number of aromatic nitrogens is 1. The topological polar surface area (TPSA) is 68.7 Å². The fourth-order valence-electron chi connectivity index (χ4n) is 3.53. The molecule has 1 aromatic rings. The minimum atomic E-state index is -3.19. The molecular weight excluding hydrogens is 316 g/mol. The fourth-order valence-corrected chi connectivity index (χ4v) is 4.73. The van der Waals surface area contributed by atoms with E-state index >= 15 is 0 Å². The second kappa shape index (κ2) is 6.75. The van der Waals surface area contributed by atoms with E-state index in [1.165, 1.54) is 0 Å². The molecule has 0 amide bonds. The molecule has 3 heterocycles. The first-order valence-electron chi connectivity index (χ1n) is 8.19. The Morgan fingerprint density at radius 3 is 3.09 bits per heavy atom. The Kier molecular flexibility index (Phi) is 4.89. The van der Waals surface area contributed by atoms with Crippen LogP contribution in [0.2, 0.25) is 0 Å². The van der Waals surface area contributed by atoms with E-state index in [0.29, 0.717) is 25.6 Å². The van der Waals surface area contributed by atoms with Crippen LogP contribution in [0.4, 0.5) is 0 Å². The van der Waals surface area contributed by atoms with Gasteiger partial charge < -0.3 is 9.47 Å². The van der Waals surface area contributed by atoms with E-state index in [1.54, 1.807) is 17.4 Å². The monoisotopic (exact) mass is 340 g/mol. The van der Waals surface area contributed by atoms with Crippen LogP contribution in [0.3, 0.4) is 0 Å². The number of piperidine rings is 1. The number of sulfonamides is 1. The van der Waals surface area contributed by atoms with Gasteiger partial charge in [-0.25, -0.2) is 17.7 Å². The van der Waals surface area contributed by atoms with Crippen LogP contribution in [0.1, 0.15) is 26.2 Å². The molecule has 7 heteroatoms. The molecule has 0 aliphatic carbocycles. The molecule has 0 aromatic carbocycles. The average Bonchev–Trinajstić information content (AvgIpc) is 2.60. The van der Waals surface area contributed by atoms with Gasteiger partial charge in [-0.05, 0) is 32.3 Å². The summed E-state index contributed by atoms with van der Waals surface area (Å²) in [6.45, 7) is 3.88. The van der Waals surface area contributed by atoms with Gasteiger partial charge in [0, 0.05) is 37.4 Å². The Morgan fingerprint density at radius 1 is 1.48 bits per heavy atom. The van der Waals surface area contributed by atoms with Crippen molar-refractivity contribution in [2.75, 3.05) is 32.1 Å². The van der Waals surface area contributed by atoms with Crippen molar-refractivity contribution in [1.29, 1.82) is 0 Å². The predicted octanol–water partition coefficient (Wildman–Crippen LogP) is 1.68. The SMILES string of the molecule is CCS(=O)(=O)N1CCC2OCCCC2(COc2ccccn2)C1. The van der Waals surface area contributed by atoms with Gasteiger partial charge in [0.15, 0.2) is 0 Å². The molecule has 0 bridgehead atoms. The summed E-state index contributed by atoms with van der Waals surface area (Å²) in [5.74, 6) is 0.706. The molecule has 2 aliphatic heterocycles. The summed E-state index contributed by atoms with van der Waals surface area (Å²) in [6, 6.07) is 5.54. The Hall–Kier alpha value is -1.18. The van der Waals surface area contributed by atoms with Crippen LogP contribution in [-0.2, 0) is 14.8 Å². The van der Waals surface area contributed by atoms with Crippen molar-refractivity contribution in [3.63, 3.8) is 0 Å². The van der Waals surface area contributed by atoms with Gasteiger partial charge in [0.25, 0.3) is 0 Å². The zero-order valence-electron chi connectivity index (χ0n) is 13.5. The summed E-state index contributed by atoms with van der Waals surface area (Å²) in [5.41, 5.74) is -0.281. The number of fused-ring (bicyclic) bond motifs is 1. The number of ether oxygens (including phenoxy) is 2. The van der Waals surface area contributed by atoms with E-state index in [9.17, 15) is 8.42 Å². The van der Waals surface area contributed by atoms with Gasteiger partial charge in [-0.15, -0.1) is 0 Å². The minimum Gasteiger partial charge on any atom is -0.477 e. The summed E-state index contributed by atoms with van der Waals surface area (Å²) in [6.07, 6.45) is 4.33. The van der Waals surface area contributed by atoms with E-state index in [0.717, 1.165) is 25.9 Å². The Labute approximate surface area is 137 Å². The molecule has 0 N–H and O–H groups in total. The van der Waals surface area contributed by atoms with Crippen LogP contribution in [0.5, 0.6) is 5.88 Å². The lowest BCUT2D eigenvalue weighted by Crippen LogP contribution is -2.58. The Balaban J connectivity index is 1.78. The zero-order chi connectivity index (χ0) is 16.3. The van der Waals surface area contributed by atoms with Crippen molar-refractivity contribution < 1.29 is 17.9 Å². The lowest BCUT2D eigenvalue weighted by molar-refractivity contribution is -0.128. The van der Waals surface area contributed by atoms with Crippen molar-refractivity contribution in [2.24, 2.45) is 5.41 Å². The van der Waals surface area contributed by atoms with Gasteiger partial charge in [0.1, 0.15) is 0 Å². The quantitative estimate of drug-likeness (QED) is 0.816. The smallest absolute Gasteiger partial charge is 0.213 e. The van der Waals surface area contributed by atoms with Crippen molar-refractivity contribution >= 4 is 10.0 Å². The van der Waals surface area contributed by atoms with Gasteiger partial charge in [0.2, 0.25) is 15.9 Å². The van der Waals surface area contributed by atoms with Crippen molar-refractivity contribution in [3.8, 4) is 5.88 Å². The number of nitrogens with zero attached hydrogens (tertiary/aromatic N) is 2. The first kappa shape index (κ1) is 16.7. The first-order valence-corrected chi connectivity index (χ1v) is 9.80. The van der Waals surface area contributed by atoms with Gasteiger partial charge >= 0.3 is 0 Å². The molecule has 23 heavy (non-hydrogen) atoms. The van der Waals surface area contributed by atoms with Crippen molar-refractivity contribution in [1.82, 2.24) is 9.29 Å². The van der Waals surface area contributed by atoms with Crippen LogP contribution in [0, 0.1) is 5.41 Å². The fraction of sp³-hybridized carbons (Fsp3) is 0.688. The highest BCUT2D eigenvalue weighted by Gasteiger charge is 2.48. The standard InChI is InChI=1S/C16H24N2O4S/c1-2-23(19,20)18-10-7-14-16(12-18,8-5-11-21-14)13-22-15-6-3-4-9-17-15/h3-4,6,9,14H,2,5,7-8,10-13H2,1H3. The van der Waals surface area contributed by atoms with Gasteiger partial charge in [-0.2, -0.15) is 0 Å². The third-order valence-corrected chi connectivity index (χ3v) is 6.68.